The molecule has 2 saturated carbocycles. The van der Waals surface area contributed by atoms with Gasteiger partial charge in [-0.1, -0.05) is 47.5 Å². The zero-order chi connectivity index (χ0) is 20.6. The number of rotatable bonds is 3. The first-order valence-electron chi connectivity index (χ1n) is 9.64. The van der Waals surface area contributed by atoms with Crippen molar-refractivity contribution in [2.45, 2.75) is 62.4 Å². The molecule has 28 heavy (non-hydrogen) atoms. The van der Waals surface area contributed by atoms with Gasteiger partial charge in [0, 0.05) is 5.92 Å². The van der Waals surface area contributed by atoms with Gasteiger partial charge in [0.2, 0.25) is 0 Å². The molecule has 0 aliphatic heterocycles. The lowest BCUT2D eigenvalue weighted by atomic mass is 9.31. The molecule has 2 aromatic rings. The van der Waals surface area contributed by atoms with Crippen LogP contribution in [-0.4, -0.2) is 55.0 Å². The van der Waals surface area contributed by atoms with E-state index in [1.165, 1.54) is 0 Å². The summed E-state index contributed by atoms with van der Waals surface area (Å²) in [4.78, 5) is 0. The third-order valence-electron chi connectivity index (χ3n) is 7.14. The zero-order valence-corrected chi connectivity index (χ0v) is 16.6. The summed E-state index contributed by atoms with van der Waals surface area (Å²) in [5, 5.41) is 55.3. The maximum absolute atomic E-state index is 11.5. The van der Waals surface area contributed by atoms with Crippen molar-refractivity contribution in [2.75, 3.05) is 6.61 Å². The second-order valence-electron chi connectivity index (χ2n) is 8.75. The Morgan fingerprint density at radius 1 is 0.821 bits per heavy atom. The number of fused-ring (bicyclic) bond motifs is 1. The monoisotopic (exact) mass is 384 g/mol. The van der Waals surface area contributed by atoms with Crippen LogP contribution in [0.15, 0.2) is 36.4 Å². The Morgan fingerprint density at radius 2 is 1.32 bits per heavy atom. The summed E-state index contributed by atoms with van der Waals surface area (Å²) in [6.45, 7) is 6.89. The molecule has 2 aliphatic rings. The summed E-state index contributed by atoms with van der Waals surface area (Å²) in [5.74, 6) is -1.88. The number of hydrogen-bond acceptors (Lipinski definition) is 5. The van der Waals surface area contributed by atoms with Crippen LogP contribution < -0.4 is 0 Å². The second-order valence-corrected chi connectivity index (χ2v) is 8.75. The Kier molecular flexibility index (Phi) is 4.10. The lowest BCUT2D eigenvalue weighted by Gasteiger charge is -2.79. The van der Waals surface area contributed by atoms with Crippen LogP contribution in [0.1, 0.15) is 45.2 Å². The highest BCUT2D eigenvalue weighted by Gasteiger charge is 2.92. The number of hydrogen-bond donors (Lipinski definition) is 5. The molecule has 2 aromatic carbocycles. The fourth-order valence-electron chi connectivity index (χ4n) is 5.80. The highest BCUT2D eigenvalue weighted by Crippen LogP contribution is 2.75. The van der Waals surface area contributed by atoms with Gasteiger partial charge in [-0.3, -0.25) is 0 Å². The van der Waals surface area contributed by atoms with Crippen LogP contribution in [0.3, 0.4) is 0 Å². The van der Waals surface area contributed by atoms with Gasteiger partial charge in [0.05, 0.1) is 18.6 Å². The van der Waals surface area contributed by atoms with Gasteiger partial charge in [0.25, 0.3) is 0 Å². The van der Waals surface area contributed by atoms with E-state index in [1.54, 1.807) is 12.1 Å². The summed E-state index contributed by atoms with van der Waals surface area (Å²) in [6.07, 6.45) is -1.27. The van der Waals surface area contributed by atoms with Crippen molar-refractivity contribution >= 4 is 0 Å². The van der Waals surface area contributed by atoms with Gasteiger partial charge in [0.15, 0.2) is 0 Å². The lowest BCUT2D eigenvalue weighted by Crippen LogP contribution is -2.98. The van der Waals surface area contributed by atoms with E-state index in [4.69, 9.17) is 0 Å². The Balaban J connectivity index is 1.85. The van der Waals surface area contributed by atoms with Crippen LogP contribution in [0.4, 0.5) is 0 Å². The van der Waals surface area contributed by atoms with Crippen molar-refractivity contribution in [1.29, 1.82) is 0 Å². The van der Waals surface area contributed by atoms with Gasteiger partial charge in [-0.2, -0.15) is 0 Å². The standard InChI is InChI=1S/C23H28O5/c1-12-5-7-16(14(3)9-12)18-20(25)22(27)19(21(26,11-24)23(18,22)28)17-8-6-13(2)10-15(17)4/h5-10,18-20,24-28H,11H2,1-4H3/t18?,19?,20?,21-,22-,23-/m0/s1. The van der Waals surface area contributed by atoms with Gasteiger partial charge in [-0.25, -0.2) is 0 Å². The first-order chi connectivity index (χ1) is 13.0. The van der Waals surface area contributed by atoms with Crippen molar-refractivity contribution in [1.82, 2.24) is 0 Å². The largest absolute Gasteiger partial charge is 0.393 e. The van der Waals surface area contributed by atoms with E-state index < -0.39 is 41.3 Å². The Hall–Kier alpha value is -1.76. The average Bonchev–Trinajstić information content (AvgIpc) is 2.64. The van der Waals surface area contributed by atoms with Gasteiger partial charge >= 0.3 is 0 Å². The number of aliphatic hydroxyl groups excluding tert-OH is 2. The summed E-state index contributed by atoms with van der Waals surface area (Å²) < 4.78 is 0. The minimum absolute atomic E-state index is 0.618. The molecule has 0 spiro atoms. The minimum Gasteiger partial charge on any atom is -0.393 e. The summed E-state index contributed by atoms with van der Waals surface area (Å²) in [6, 6.07) is 11.2. The van der Waals surface area contributed by atoms with E-state index in [2.05, 4.69) is 0 Å². The number of aryl methyl sites for hydroxylation is 4. The third-order valence-corrected chi connectivity index (χ3v) is 7.14. The quantitative estimate of drug-likeness (QED) is 0.550. The van der Waals surface area contributed by atoms with Gasteiger partial charge < -0.3 is 25.5 Å². The summed E-state index contributed by atoms with van der Waals surface area (Å²) in [5.41, 5.74) is -0.923. The van der Waals surface area contributed by atoms with E-state index in [0.717, 1.165) is 22.3 Å². The molecule has 5 heteroatoms. The highest BCUT2D eigenvalue weighted by atomic mass is 16.4. The van der Waals surface area contributed by atoms with Crippen molar-refractivity contribution in [2.24, 2.45) is 0 Å². The van der Waals surface area contributed by atoms with E-state index in [9.17, 15) is 25.5 Å². The molecule has 3 unspecified atom stereocenters. The Bertz CT molecular complexity index is 944. The maximum Gasteiger partial charge on any atom is 0.137 e. The molecule has 2 fully saturated rings. The Labute approximate surface area is 164 Å². The van der Waals surface area contributed by atoms with E-state index in [-0.39, 0.29) is 0 Å². The second kappa shape index (κ2) is 5.88. The molecule has 5 nitrogen and oxygen atoms in total. The van der Waals surface area contributed by atoms with Crippen molar-refractivity contribution < 1.29 is 25.5 Å². The molecule has 0 saturated heterocycles. The van der Waals surface area contributed by atoms with Gasteiger partial charge in [-0.05, 0) is 49.9 Å². The van der Waals surface area contributed by atoms with Crippen LogP contribution >= 0.6 is 0 Å². The number of aliphatic hydroxyl groups is 5. The van der Waals surface area contributed by atoms with E-state index in [0.29, 0.717) is 11.1 Å². The smallest absolute Gasteiger partial charge is 0.137 e. The molecule has 2 aliphatic carbocycles. The fraction of sp³-hybridized carbons (Fsp3) is 0.478. The molecule has 150 valence electrons. The summed E-state index contributed by atoms with van der Waals surface area (Å²) >= 11 is 0. The van der Waals surface area contributed by atoms with Crippen molar-refractivity contribution in [3.8, 4) is 0 Å². The average molecular weight is 384 g/mol. The van der Waals surface area contributed by atoms with Crippen LogP contribution in [0.25, 0.3) is 0 Å². The highest BCUT2D eigenvalue weighted by molar-refractivity contribution is 5.57. The molecule has 0 bridgehead atoms. The van der Waals surface area contributed by atoms with E-state index in [1.807, 2.05) is 52.0 Å². The fourth-order valence-corrected chi connectivity index (χ4v) is 5.80. The van der Waals surface area contributed by atoms with Crippen LogP contribution in [0.2, 0.25) is 0 Å². The normalized spacial score (nSPS) is 39.1. The molecule has 0 radical (unpaired) electrons. The van der Waals surface area contributed by atoms with E-state index >= 15 is 0 Å². The molecule has 4 rings (SSSR count). The molecule has 0 heterocycles. The first kappa shape index (κ1) is 19.6. The van der Waals surface area contributed by atoms with Gasteiger partial charge in [-0.15, -0.1) is 0 Å². The van der Waals surface area contributed by atoms with Crippen molar-refractivity contribution in [3.63, 3.8) is 0 Å². The molecule has 6 atom stereocenters. The number of benzene rings is 2. The third kappa shape index (κ3) is 1.98. The molecule has 0 aromatic heterocycles. The van der Waals surface area contributed by atoms with Crippen LogP contribution in [-0.2, 0) is 0 Å². The molecular weight excluding hydrogens is 356 g/mol. The maximum atomic E-state index is 11.5. The first-order valence-corrected chi connectivity index (χ1v) is 9.64. The molecule has 0 amide bonds. The van der Waals surface area contributed by atoms with Gasteiger partial charge in [0.1, 0.15) is 16.8 Å². The van der Waals surface area contributed by atoms with Crippen LogP contribution in [0.5, 0.6) is 0 Å². The van der Waals surface area contributed by atoms with Crippen molar-refractivity contribution in [3.05, 3.63) is 69.8 Å². The van der Waals surface area contributed by atoms with Crippen LogP contribution in [0, 0.1) is 27.7 Å². The Morgan fingerprint density at radius 3 is 1.79 bits per heavy atom. The molecule has 5 N–H and O–H groups in total. The topological polar surface area (TPSA) is 101 Å². The predicted molar refractivity (Wildman–Crippen MR) is 105 cm³/mol. The minimum atomic E-state index is -2.05. The lowest BCUT2D eigenvalue weighted by molar-refractivity contribution is -0.448. The zero-order valence-electron chi connectivity index (χ0n) is 16.6. The predicted octanol–water partition coefficient (Wildman–Crippen LogP) is 1.36. The SMILES string of the molecule is Cc1ccc(C2C(O)[C@@]3(O)C(c4ccc(C)cc4C)[C@@](O)(CO)[C@@]23O)c(C)c1. The molecular formula is C23H28O5. The summed E-state index contributed by atoms with van der Waals surface area (Å²) in [7, 11) is 0.